The van der Waals surface area contributed by atoms with Gasteiger partial charge in [-0.25, -0.2) is 8.78 Å². The van der Waals surface area contributed by atoms with Gasteiger partial charge in [0.05, 0.1) is 10.9 Å². The van der Waals surface area contributed by atoms with Gasteiger partial charge < -0.3 is 9.15 Å². The number of fused-ring (bicyclic) bond motifs is 1. The van der Waals surface area contributed by atoms with E-state index in [9.17, 15) is 13.6 Å². The van der Waals surface area contributed by atoms with Crippen molar-refractivity contribution in [1.29, 1.82) is 0 Å². The Kier molecular flexibility index (Phi) is 4.05. The lowest BCUT2D eigenvalue weighted by molar-refractivity contribution is 0.290. The highest BCUT2D eigenvalue weighted by Crippen LogP contribution is 2.27. The quantitative estimate of drug-likeness (QED) is 0.701. The number of halogens is 3. The van der Waals surface area contributed by atoms with Crippen LogP contribution in [0.1, 0.15) is 11.1 Å². The Morgan fingerprint density at radius 1 is 1.17 bits per heavy atom. The first kappa shape index (κ1) is 15.5. The van der Waals surface area contributed by atoms with E-state index in [0.29, 0.717) is 22.3 Å². The summed E-state index contributed by atoms with van der Waals surface area (Å²) in [7, 11) is 0. The van der Waals surface area contributed by atoms with Crippen LogP contribution in [0.15, 0.2) is 45.8 Å². The summed E-state index contributed by atoms with van der Waals surface area (Å²) in [4.78, 5) is 11.9. The molecule has 118 valence electrons. The highest BCUT2D eigenvalue weighted by molar-refractivity contribution is 6.30. The molecule has 0 bridgehead atoms. The predicted molar refractivity (Wildman–Crippen MR) is 82.9 cm³/mol. The van der Waals surface area contributed by atoms with Crippen molar-refractivity contribution >= 4 is 22.6 Å². The van der Waals surface area contributed by atoms with Crippen molar-refractivity contribution in [3.05, 3.63) is 74.6 Å². The molecule has 3 rings (SSSR count). The average Bonchev–Trinajstić information content (AvgIpc) is 2.52. The van der Waals surface area contributed by atoms with Gasteiger partial charge in [0.25, 0.3) is 0 Å². The molecule has 0 amide bonds. The molecule has 0 aliphatic carbocycles. The molecule has 23 heavy (non-hydrogen) atoms. The normalized spacial score (nSPS) is 11.0. The number of hydrogen-bond acceptors (Lipinski definition) is 3. The third kappa shape index (κ3) is 2.80. The first-order valence-electron chi connectivity index (χ1n) is 6.75. The minimum Gasteiger partial charge on any atom is -0.488 e. The summed E-state index contributed by atoms with van der Waals surface area (Å²) in [6.07, 6.45) is 1.15. The van der Waals surface area contributed by atoms with Crippen molar-refractivity contribution in [3.63, 3.8) is 0 Å². The number of benzene rings is 2. The molecule has 0 fully saturated rings. The van der Waals surface area contributed by atoms with Gasteiger partial charge in [-0.2, -0.15) is 0 Å². The van der Waals surface area contributed by atoms with Crippen LogP contribution in [0.5, 0.6) is 5.75 Å². The van der Waals surface area contributed by atoms with Gasteiger partial charge in [0, 0.05) is 5.56 Å². The lowest BCUT2D eigenvalue weighted by Crippen LogP contribution is -2.05. The summed E-state index contributed by atoms with van der Waals surface area (Å²) in [5.74, 6) is -0.992. The zero-order chi connectivity index (χ0) is 16.6. The summed E-state index contributed by atoms with van der Waals surface area (Å²) in [6, 6.07) is 6.66. The fourth-order valence-electron chi connectivity index (χ4n) is 2.27. The molecule has 0 radical (unpaired) electrons. The first-order chi connectivity index (χ1) is 11.0. The molecule has 0 saturated carbocycles. The molecule has 0 atom stereocenters. The Labute approximate surface area is 135 Å². The standard InChI is InChI=1S/C17H11ClF2O3/c1-9-15(22-7-11-13(19)3-2-4-14(11)20)6-5-10-16(21)12(18)8-23-17(9)10/h2-6,8H,7H2,1H3. The molecule has 3 aromatic rings. The maximum absolute atomic E-state index is 13.6. The number of aryl methyl sites for hydroxylation is 1. The van der Waals surface area contributed by atoms with Gasteiger partial charge in [0.2, 0.25) is 5.43 Å². The summed E-state index contributed by atoms with van der Waals surface area (Å²) in [5.41, 5.74) is 0.367. The molecule has 0 saturated heterocycles. The molecule has 1 aromatic heterocycles. The van der Waals surface area contributed by atoms with E-state index < -0.39 is 11.6 Å². The van der Waals surface area contributed by atoms with Crippen LogP contribution in [-0.2, 0) is 6.61 Å². The zero-order valence-electron chi connectivity index (χ0n) is 12.0. The van der Waals surface area contributed by atoms with Gasteiger partial charge in [0.15, 0.2) is 0 Å². The Balaban J connectivity index is 1.97. The Hall–Kier alpha value is -2.40. The van der Waals surface area contributed by atoms with Crippen LogP contribution in [0.25, 0.3) is 11.0 Å². The second-order valence-electron chi connectivity index (χ2n) is 4.97. The SMILES string of the molecule is Cc1c(OCc2c(F)cccc2F)ccc2c(=O)c(Cl)coc12. The van der Waals surface area contributed by atoms with E-state index in [1.807, 2.05) is 0 Å². The molecule has 0 N–H and O–H groups in total. The van der Waals surface area contributed by atoms with Crippen molar-refractivity contribution < 1.29 is 17.9 Å². The lowest BCUT2D eigenvalue weighted by atomic mass is 10.1. The summed E-state index contributed by atoms with van der Waals surface area (Å²) in [6.45, 7) is 1.41. The topological polar surface area (TPSA) is 39.4 Å². The van der Waals surface area contributed by atoms with E-state index >= 15 is 0 Å². The predicted octanol–water partition coefficient (Wildman–Crippen LogP) is 4.61. The highest BCUT2D eigenvalue weighted by Gasteiger charge is 2.13. The van der Waals surface area contributed by atoms with Crippen molar-refractivity contribution in [2.75, 3.05) is 0 Å². The van der Waals surface area contributed by atoms with E-state index in [4.69, 9.17) is 20.8 Å². The lowest BCUT2D eigenvalue weighted by Gasteiger charge is -2.11. The van der Waals surface area contributed by atoms with Crippen LogP contribution in [-0.4, -0.2) is 0 Å². The minimum absolute atomic E-state index is 0.0148. The van der Waals surface area contributed by atoms with Gasteiger partial charge in [0.1, 0.15) is 40.9 Å². The second kappa shape index (κ2) is 6.01. The number of rotatable bonds is 3. The third-order valence-electron chi connectivity index (χ3n) is 3.53. The smallest absolute Gasteiger partial charge is 0.211 e. The first-order valence-corrected chi connectivity index (χ1v) is 7.13. The van der Waals surface area contributed by atoms with Crippen LogP contribution >= 0.6 is 11.6 Å². The molecular formula is C17H11ClF2O3. The molecule has 2 aromatic carbocycles. The molecule has 0 aliphatic rings. The van der Waals surface area contributed by atoms with E-state index in [1.54, 1.807) is 13.0 Å². The molecule has 6 heteroatoms. The van der Waals surface area contributed by atoms with Gasteiger partial charge >= 0.3 is 0 Å². The summed E-state index contributed by atoms with van der Waals surface area (Å²) < 4.78 is 38.0. The van der Waals surface area contributed by atoms with Crippen LogP contribution in [0.3, 0.4) is 0 Å². The second-order valence-corrected chi connectivity index (χ2v) is 5.37. The zero-order valence-corrected chi connectivity index (χ0v) is 12.8. The van der Waals surface area contributed by atoms with Gasteiger partial charge in [-0.15, -0.1) is 0 Å². The fourth-order valence-corrected chi connectivity index (χ4v) is 2.42. The van der Waals surface area contributed by atoms with Crippen LogP contribution < -0.4 is 10.2 Å². The van der Waals surface area contributed by atoms with E-state index in [1.165, 1.54) is 12.1 Å². The van der Waals surface area contributed by atoms with Crippen molar-refractivity contribution in [2.24, 2.45) is 0 Å². The van der Waals surface area contributed by atoms with Crippen molar-refractivity contribution in [2.45, 2.75) is 13.5 Å². The van der Waals surface area contributed by atoms with Gasteiger partial charge in [-0.3, -0.25) is 4.79 Å². The van der Waals surface area contributed by atoms with E-state index in [0.717, 1.165) is 18.4 Å². The van der Waals surface area contributed by atoms with Crippen molar-refractivity contribution in [1.82, 2.24) is 0 Å². The Morgan fingerprint density at radius 3 is 2.57 bits per heavy atom. The summed E-state index contributed by atoms with van der Waals surface area (Å²) in [5, 5.41) is 0.304. The molecule has 1 heterocycles. The maximum atomic E-state index is 13.6. The largest absolute Gasteiger partial charge is 0.488 e. The van der Waals surface area contributed by atoms with E-state index in [-0.39, 0.29) is 22.6 Å². The molecule has 3 nitrogen and oxygen atoms in total. The van der Waals surface area contributed by atoms with E-state index in [2.05, 4.69) is 0 Å². The van der Waals surface area contributed by atoms with Gasteiger partial charge in [-0.05, 0) is 31.2 Å². The Morgan fingerprint density at radius 2 is 1.87 bits per heavy atom. The van der Waals surface area contributed by atoms with Crippen LogP contribution in [0.2, 0.25) is 5.02 Å². The van der Waals surface area contributed by atoms with Crippen LogP contribution in [0, 0.1) is 18.6 Å². The average molecular weight is 337 g/mol. The molecular weight excluding hydrogens is 326 g/mol. The fraction of sp³-hybridized carbons (Fsp3) is 0.118. The maximum Gasteiger partial charge on any atom is 0.211 e. The molecule has 0 spiro atoms. The number of ether oxygens (including phenoxy) is 1. The summed E-state index contributed by atoms with van der Waals surface area (Å²) >= 11 is 5.73. The van der Waals surface area contributed by atoms with Crippen LogP contribution in [0.4, 0.5) is 8.78 Å². The minimum atomic E-state index is -0.679. The van der Waals surface area contributed by atoms with Crippen molar-refractivity contribution in [3.8, 4) is 5.75 Å². The molecule has 0 unspecified atom stereocenters. The highest BCUT2D eigenvalue weighted by atomic mass is 35.5. The number of hydrogen-bond donors (Lipinski definition) is 0. The third-order valence-corrected chi connectivity index (χ3v) is 3.79. The van der Waals surface area contributed by atoms with Gasteiger partial charge in [-0.1, -0.05) is 17.7 Å². The Bertz CT molecular complexity index is 930. The monoisotopic (exact) mass is 336 g/mol. The molecule has 0 aliphatic heterocycles.